The lowest BCUT2D eigenvalue weighted by atomic mass is 10.2. The normalized spacial score (nSPS) is 10.3. The quantitative estimate of drug-likeness (QED) is 0.844. The number of benzene rings is 1. The van der Waals surface area contributed by atoms with Crippen LogP contribution in [-0.2, 0) is 13.1 Å². The average Bonchev–Trinajstić information content (AvgIpc) is 2.49. The SMILES string of the molecule is COc1ccc(O)c(CNCc2ccnc(OC)c2)c1. The summed E-state index contributed by atoms with van der Waals surface area (Å²) in [7, 11) is 3.20. The molecule has 0 unspecified atom stereocenters. The molecule has 0 saturated carbocycles. The Morgan fingerprint density at radius 1 is 1.10 bits per heavy atom. The fraction of sp³-hybridized carbons (Fsp3) is 0.267. The fourth-order valence-corrected chi connectivity index (χ4v) is 1.84. The molecule has 0 amide bonds. The maximum Gasteiger partial charge on any atom is 0.213 e. The summed E-state index contributed by atoms with van der Waals surface area (Å²) < 4.78 is 10.2. The largest absolute Gasteiger partial charge is 0.508 e. The van der Waals surface area contributed by atoms with Gasteiger partial charge in [0.2, 0.25) is 5.88 Å². The summed E-state index contributed by atoms with van der Waals surface area (Å²) in [4.78, 5) is 4.05. The summed E-state index contributed by atoms with van der Waals surface area (Å²) in [5, 5.41) is 13.0. The Balaban J connectivity index is 1.95. The van der Waals surface area contributed by atoms with Crippen LogP contribution < -0.4 is 14.8 Å². The third kappa shape index (κ3) is 3.61. The van der Waals surface area contributed by atoms with Crippen LogP contribution in [0.3, 0.4) is 0 Å². The molecule has 2 rings (SSSR count). The molecule has 0 bridgehead atoms. The summed E-state index contributed by atoms with van der Waals surface area (Å²) in [6, 6.07) is 8.97. The molecule has 1 aromatic heterocycles. The first-order valence-corrected chi connectivity index (χ1v) is 6.28. The Morgan fingerprint density at radius 3 is 2.70 bits per heavy atom. The molecule has 0 aliphatic carbocycles. The zero-order valence-corrected chi connectivity index (χ0v) is 11.6. The lowest BCUT2D eigenvalue weighted by molar-refractivity contribution is 0.397. The second kappa shape index (κ2) is 6.77. The van der Waals surface area contributed by atoms with Crippen LogP contribution in [0.1, 0.15) is 11.1 Å². The molecule has 2 aromatic rings. The number of hydrogen-bond acceptors (Lipinski definition) is 5. The summed E-state index contributed by atoms with van der Waals surface area (Å²) in [6.45, 7) is 1.21. The van der Waals surface area contributed by atoms with Crippen LogP contribution in [0.15, 0.2) is 36.5 Å². The summed E-state index contributed by atoms with van der Waals surface area (Å²) >= 11 is 0. The van der Waals surface area contributed by atoms with E-state index in [2.05, 4.69) is 10.3 Å². The van der Waals surface area contributed by atoms with E-state index < -0.39 is 0 Å². The van der Waals surface area contributed by atoms with Crippen molar-refractivity contribution in [1.82, 2.24) is 10.3 Å². The summed E-state index contributed by atoms with van der Waals surface area (Å²) in [6.07, 6.45) is 1.71. The molecular formula is C15H18N2O3. The molecule has 0 fully saturated rings. The Labute approximate surface area is 118 Å². The molecular weight excluding hydrogens is 256 g/mol. The molecule has 0 radical (unpaired) electrons. The van der Waals surface area contributed by atoms with E-state index in [1.807, 2.05) is 18.2 Å². The minimum absolute atomic E-state index is 0.255. The molecule has 2 N–H and O–H groups in total. The van der Waals surface area contributed by atoms with Crippen LogP contribution in [0, 0.1) is 0 Å². The number of phenolic OH excluding ortho intramolecular Hbond substituents is 1. The van der Waals surface area contributed by atoms with Gasteiger partial charge >= 0.3 is 0 Å². The van der Waals surface area contributed by atoms with Crippen molar-refractivity contribution >= 4 is 0 Å². The molecule has 5 heteroatoms. The molecule has 0 atom stereocenters. The first-order chi connectivity index (χ1) is 9.72. The van der Waals surface area contributed by atoms with Crippen molar-refractivity contribution in [3.63, 3.8) is 0 Å². The van der Waals surface area contributed by atoms with Crippen molar-refractivity contribution in [3.05, 3.63) is 47.7 Å². The highest BCUT2D eigenvalue weighted by Gasteiger charge is 2.03. The zero-order valence-electron chi connectivity index (χ0n) is 11.6. The number of methoxy groups -OCH3 is 2. The van der Waals surface area contributed by atoms with Crippen molar-refractivity contribution in [2.45, 2.75) is 13.1 Å². The molecule has 106 valence electrons. The highest BCUT2D eigenvalue weighted by molar-refractivity contribution is 5.39. The fourth-order valence-electron chi connectivity index (χ4n) is 1.84. The van der Waals surface area contributed by atoms with Crippen molar-refractivity contribution in [2.75, 3.05) is 14.2 Å². The predicted octanol–water partition coefficient (Wildman–Crippen LogP) is 2.09. The number of rotatable bonds is 6. The second-order valence-electron chi connectivity index (χ2n) is 4.30. The van der Waals surface area contributed by atoms with E-state index in [9.17, 15) is 5.11 Å². The van der Waals surface area contributed by atoms with Gasteiger partial charge < -0.3 is 19.9 Å². The van der Waals surface area contributed by atoms with E-state index in [-0.39, 0.29) is 5.75 Å². The highest BCUT2D eigenvalue weighted by Crippen LogP contribution is 2.22. The van der Waals surface area contributed by atoms with Gasteiger partial charge in [-0.1, -0.05) is 0 Å². The first-order valence-electron chi connectivity index (χ1n) is 6.28. The van der Waals surface area contributed by atoms with E-state index >= 15 is 0 Å². The van der Waals surface area contributed by atoms with E-state index in [1.165, 1.54) is 0 Å². The number of phenols is 1. The Bertz CT molecular complexity index is 573. The van der Waals surface area contributed by atoms with Crippen LogP contribution >= 0.6 is 0 Å². The van der Waals surface area contributed by atoms with Crippen molar-refractivity contribution in [3.8, 4) is 17.4 Å². The smallest absolute Gasteiger partial charge is 0.213 e. The molecule has 0 aliphatic heterocycles. The highest BCUT2D eigenvalue weighted by atomic mass is 16.5. The number of aromatic nitrogens is 1. The minimum atomic E-state index is 0.255. The van der Waals surface area contributed by atoms with Crippen molar-refractivity contribution in [1.29, 1.82) is 0 Å². The van der Waals surface area contributed by atoms with Crippen molar-refractivity contribution in [2.24, 2.45) is 0 Å². The van der Waals surface area contributed by atoms with Crippen LogP contribution in [0.2, 0.25) is 0 Å². The Hall–Kier alpha value is -2.27. The van der Waals surface area contributed by atoms with Gasteiger partial charge in [0.25, 0.3) is 0 Å². The molecule has 20 heavy (non-hydrogen) atoms. The number of hydrogen-bond donors (Lipinski definition) is 2. The standard InChI is InChI=1S/C15H18N2O3/c1-19-13-3-4-14(18)12(8-13)10-16-9-11-5-6-17-15(7-11)20-2/h3-8,16,18H,9-10H2,1-2H3. The van der Waals surface area contributed by atoms with Gasteiger partial charge in [-0.3, -0.25) is 0 Å². The lowest BCUT2D eigenvalue weighted by Gasteiger charge is -2.09. The van der Waals surface area contributed by atoms with E-state index in [4.69, 9.17) is 9.47 Å². The number of nitrogens with one attached hydrogen (secondary N) is 1. The van der Waals surface area contributed by atoms with Gasteiger partial charge in [-0.05, 0) is 29.8 Å². The van der Waals surface area contributed by atoms with Gasteiger partial charge in [-0.15, -0.1) is 0 Å². The van der Waals surface area contributed by atoms with E-state index in [1.54, 1.807) is 32.5 Å². The van der Waals surface area contributed by atoms with Gasteiger partial charge in [-0.2, -0.15) is 0 Å². The maximum absolute atomic E-state index is 9.78. The molecule has 0 aliphatic rings. The Morgan fingerprint density at radius 2 is 1.95 bits per heavy atom. The van der Waals surface area contributed by atoms with Crippen molar-refractivity contribution < 1.29 is 14.6 Å². The predicted molar refractivity (Wildman–Crippen MR) is 76.0 cm³/mol. The first kappa shape index (κ1) is 14.1. The maximum atomic E-state index is 9.78. The van der Waals surface area contributed by atoms with Gasteiger partial charge in [0, 0.05) is 30.9 Å². The van der Waals surface area contributed by atoms with Crippen LogP contribution in [-0.4, -0.2) is 24.3 Å². The number of nitrogens with zero attached hydrogens (tertiary/aromatic N) is 1. The number of pyridine rings is 1. The molecule has 1 heterocycles. The van der Waals surface area contributed by atoms with Crippen LogP contribution in [0.5, 0.6) is 17.4 Å². The van der Waals surface area contributed by atoms with Gasteiger partial charge in [0.05, 0.1) is 14.2 Å². The van der Waals surface area contributed by atoms with E-state index in [0.29, 0.717) is 19.0 Å². The molecule has 5 nitrogen and oxygen atoms in total. The molecule has 0 spiro atoms. The van der Waals surface area contributed by atoms with Crippen LogP contribution in [0.4, 0.5) is 0 Å². The Kier molecular flexibility index (Phi) is 4.79. The molecule has 1 aromatic carbocycles. The van der Waals surface area contributed by atoms with Crippen LogP contribution in [0.25, 0.3) is 0 Å². The second-order valence-corrected chi connectivity index (χ2v) is 4.30. The number of ether oxygens (including phenoxy) is 2. The lowest BCUT2D eigenvalue weighted by Crippen LogP contribution is -2.13. The van der Waals surface area contributed by atoms with Gasteiger partial charge in [-0.25, -0.2) is 4.98 Å². The zero-order chi connectivity index (χ0) is 14.4. The average molecular weight is 274 g/mol. The monoisotopic (exact) mass is 274 g/mol. The topological polar surface area (TPSA) is 63.6 Å². The van der Waals surface area contributed by atoms with Gasteiger partial charge in [0.1, 0.15) is 11.5 Å². The summed E-state index contributed by atoms with van der Waals surface area (Å²) in [5.41, 5.74) is 1.87. The summed E-state index contributed by atoms with van der Waals surface area (Å²) in [5.74, 6) is 1.57. The van der Waals surface area contributed by atoms with E-state index in [0.717, 1.165) is 16.9 Å². The van der Waals surface area contributed by atoms with Gasteiger partial charge in [0.15, 0.2) is 0 Å². The minimum Gasteiger partial charge on any atom is -0.508 e. The molecule has 0 saturated heterocycles. The number of aromatic hydroxyl groups is 1. The third-order valence-corrected chi connectivity index (χ3v) is 2.94. The third-order valence-electron chi connectivity index (χ3n) is 2.94.